The van der Waals surface area contributed by atoms with Gasteiger partial charge < -0.3 is 5.32 Å². The largest absolute Gasteiger partial charge is 0.351 e. The number of carbonyl (C=O) groups is 1. The lowest BCUT2D eigenvalue weighted by Gasteiger charge is -2.20. The average Bonchev–Trinajstić information content (AvgIpc) is 2.69. The second-order valence-electron chi connectivity index (χ2n) is 6.40. The normalized spacial score (nSPS) is 11.7. The zero-order valence-corrected chi connectivity index (χ0v) is 15.0. The van der Waals surface area contributed by atoms with Crippen molar-refractivity contribution in [3.63, 3.8) is 0 Å². The number of hydrogen-bond donors (Lipinski definition) is 2. The lowest BCUT2D eigenvalue weighted by Crippen LogP contribution is -2.35. The molecule has 0 radical (unpaired) electrons. The van der Waals surface area contributed by atoms with Crippen LogP contribution in [0.15, 0.2) is 84.9 Å². The van der Waals surface area contributed by atoms with E-state index >= 15 is 0 Å². The summed E-state index contributed by atoms with van der Waals surface area (Å²) in [4.78, 5) is 12.3. The average molecular weight is 344 g/mol. The molecule has 132 valence electrons. The van der Waals surface area contributed by atoms with Crippen LogP contribution in [-0.2, 0) is 11.3 Å². The number of aryl methyl sites for hydroxylation is 1. The zero-order chi connectivity index (χ0) is 18.2. The minimum absolute atomic E-state index is 0.0121. The minimum Gasteiger partial charge on any atom is -0.351 e. The van der Waals surface area contributed by atoms with Crippen molar-refractivity contribution in [1.82, 2.24) is 10.6 Å². The summed E-state index contributed by atoms with van der Waals surface area (Å²) in [6.07, 6.45) is 0. The van der Waals surface area contributed by atoms with Gasteiger partial charge in [-0.1, -0.05) is 90.5 Å². The van der Waals surface area contributed by atoms with E-state index in [9.17, 15) is 4.79 Å². The van der Waals surface area contributed by atoms with Gasteiger partial charge in [-0.15, -0.1) is 0 Å². The van der Waals surface area contributed by atoms with Crippen molar-refractivity contribution in [2.24, 2.45) is 0 Å². The summed E-state index contributed by atoms with van der Waals surface area (Å²) >= 11 is 0. The molecule has 1 atom stereocenters. The number of amides is 1. The summed E-state index contributed by atoms with van der Waals surface area (Å²) in [5, 5.41) is 6.36. The Hall–Kier alpha value is -2.91. The van der Waals surface area contributed by atoms with Crippen LogP contribution in [0.2, 0.25) is 0 Å². The molecule has 2 N–H and O–H groups in total. The summed E-state index contributed by atoms with van der Waals surface area (Å²) in [5.41, 5.74) is 4.62. The van der Waals surface area contributed by atoms with Crippen molar-refractivity contribution < 1.29 is 4.79 Å². The molecule has 3 heteroatoms. The maximum atomic E-state index is 12.3. The van der Waals surface area contributed by atoms with Crippen LogP contribution < -0.4 is 10.6 Å². The summed E-state index contributed by atoms with van der Waals surface area (Å²) in [7, 11) is 0. The van der Waals surface area contributed by atoms with E-state index < -0.39 is 0 Å². The summed E-state index contributed by atoms with van der Waals surface area (Å²) in [6, 6.07) is 28.6. The van der Waals surface area contributed by atoms with Crippen LogP contribution in [-0.4, -0.2) is 12.5 Å². The highest BCUT2D eigenvalue weighted by molar-refractivity contribution is 5.78. The van der Waals surface area contributed by atoms with Crippen LogP contribution in [0.3, 0.4) is 0 Å². The minimum atomic E-state index is -0.0146. The Labute approximate surface area is 155 Å². The Morgan fingerprint density at radius 2 is 1.38 bits per heavy atom. The lowest BCUT2D eigenvalue weighted by molar-refractivity contribution is -0.120. The Bertz CT molecular complexity index is 814. The van der Waals surface area contributed by atoms with Crippen molar-refractivity contribution in [2.75, 3.05) is 6.54 Å². The standard InChI is InChI=1S/C23H24N2O/c1-18-12-14-21(15-13-18)23(20-10-6-3-7-11-20)25-17-22(26)24-16-19-8-4-2-5-9-19/h2-15,23,25H,16-17H2,1H3,(H,24,26)/t23-/m0/s1. The molecular formula is C23H24N2O. The highest BCUT2D eigenvalue weighted by Crippen LogP contribution is 2.22. The highest BCUT2D eigenvalue weighted by Gasteiger charge is 2.14. The van der Waals surface area contributed by atoms with Crippen LogP contribution >= 0.6 is 0 Å². The maximum Gasteiger partial charge on any atom is 0.234 e. The van der Waals surface area contributed by atoms with Crippen LogP contribution in [0.4, 0.5) is 0 Å². The molecule has 0 saturated heterocycles. The van der Waals surface area contributed by atoms with Gasteiger partial charge >= 0.3 is 0 Å². The molecule has 0 aromatic heterocycles. The zero-order valence-electron chi connectivity index (χ0n) is 15.0. The molecule has 0 bridgehead atoms. The smallest absolute Gasteiger partial charge is 0.234 e. The first-order valence-electron chi connectivity index (χ1n) is 8.88. The Balaban J connectivity index is 1.64. The molecule has 0 spiro atoms. The molecule has 0 saturated carbocycles. The third-order valence-corrected chi connectivity index (χ3v) is 4.34. The highest BCUT2D eigenvalue weighted by atomic mass is 16.1. The predicted octanol–water partition coefficient (Wildman–Crippen LogP) is 3.99. The van der Waals surface area contributed by atoms with Crippen molar-refractivity contribution in [2.45, 2.75) is 19.5 Å². The molecule has 0 heterocycles. The van der Waals surface area contributed by atoms with E-state index in [2.05, 4.69) is 54.0 Å². The van der Waals surface area contributed by atoms with E-state index in [0.29, 0.717) is 6.54 Å². The van der Waals surface area contributed by atoms with E-state index in [1.54, 1.807) is 0 Å². The Kier molecular flexibility index (Phi) is 6.18. The molecule has 0 aliphatic rings. The third-order valence-electron chi connectivity index (χ3n) is 4.34. The summed E-state index contributed by atoms with van der Waals surface area (Å²) in [6.45, 7) is 2.88. The van der Waals surface area contributed by atoms with Gasteiger partial charge in [0.15, 0.2) is 0 Å². The predicted molar refractivity (Wildman–Crippen MR) is 106 cm³/mol. The second kappa shape index (κ2) is 8.97. The number of hydrogen-bond acceptors (Lipinski definition) is 2. The molecule has 0 aliphatic heterocycles. The third kappa shape index (κ3) is 5.04. The van der Waals surface area contributed by atoms with Crippen LogP contribution in [0.25, 0.3) is 0 Å². The maximum absolute atomic E-state index is 12.3. The molecule has 3 aromatic rings. The fraction of sp³-hybridized carbons (Fsp3) is 0.174. The van der Waals surface area contributed by atoms with Crippen molar-refractivity contribution in [3.8, 4) is 0 Å². The van der Waals surface area contributed by atoms with Gasteiger partial charge in [0.25, 0.3) is 0 Å². The van der Waals surface area contributed by atoms with E-state index in [0.717, 1.165) is 16.7 Å². The Morgan fingerprint density at radius 1 is 0.808 bits per heavy atom. The van der Waals surface area contributed by atoms with Gasteiger partial charge in [0, 0.05) is 6.54 Å². The lowest BCUT2D eigenvalue weighted by atomic mass is 9.98. The van der Waals surface area contributed by atoms with Crippen molar-refractivity contribution in [3.05, 3.63) is 107 Å². The van der Waals surface area contributed by atoms with Gasteiger partial charge in [-0.05, 0) is 23.6 Å². The first-order valence-corrected chi connectivity index (χ1v) is 8.88. The molecule has 3 rings (SSSR count). The summed E-state index contributed by atoms with van der Waals surface area (Å²) < 4.78 is 0. The van der Waals surface area contributed by atoms with Gasteiger partial charge in [-0.3, -0.25) is 10.1 Å². The molecule has 1 amide bonds. The van der Waals surface area contributed by atoms with Crippen LogP contribution in [0.5, 0.6) is 0 Å². The van der Waals surface area contributed by atoms with Crippen LogP contribution in [0.1, 0.15) is 28.3 Å². The Morgan fingerprint density at radius 3 is 2.04 bits per heavy atom. The van der Waals surface area contributed by atoms with Gasteiger partial charge in [-0.2, -0.15) is 0 Å². The molecule has 26 heavy (non-hydrogen) atoms. The molecule has 0 fully saturated rings. The monoisotopic (exact) mass is 344 g/mol. The van der Waals surface area contributed by atoms with Gasteiger partial charge in [0.1, 0.15) is 0 Å². The number of carbonyl (C=O) groups excluding carboxylic acids is 1. The SMILES string of the molecule is Cc1ccc([C@@H](NCC(=O)NCc2ccccc2)c2ccccc2)cc1. The molecule has 3 nitrogen and oxygen atoms in total. The number of benzene rings is 3. The second-order valence-corrected chi connectivity index (χ2v) is 6.40. The quantitative estimate of drug-likeness (QED) is 0.680. The molecule has 0 aliphatic carbocycles. The first kappa shape index (κ1) is 17.9. The van der Waals surface area contributed by atoms with E-state index in [4.69, 9.17) is 0 Å². The fourth-order valence-corrected chi connectivity index (χ4v) is 2.89. The van der Waals surface area contributed by atoms with Gasteiger partial charge in [0.05, 0.1) is 12.6 Å². The van der Waals surface area contributed by atoms with E-state index in [-0.39, 0.29) is 18.5 Å². The molecule has 0 unspecified atom stereocenters. The van der Waals surface area contributed by atoms with Gasteiger partial charge in [0.2, 0.25) is 5.91 Å². The van der Waals surface area contributed by atoms with E-state index in [1.807, 2.05) is 48.5 Å². The number of rotatable bonds is 7. The van der Waals surface area contributed by atoms with Crippen LogP contribution in [0, 0.1) is 6.92 Å². The van der Waals surface area contributed by atoms with E-state index in [1.165, 1.54) is 5.56 Å². The summed E-state index contributed by atoms with van der Waals surface area (Å²) in [5.74, 6) is -0.0121. The molecular weight excluding hydrogens is 320 g/mol. The number of nitrogens with one attached hydrogen (secondary N) is 2. The molecule has 3 aromatic carbocycles. The first-order chi connectivity index (χ1) is 12.7. The fourth-order valence-electron chi connectivity index (χ4n) is 2.89. The van der Waals surface area contributed by atoms with Crippen molar-refractivity contribution >= 4 is 5.91 Å². The van der Waals surface area contributed by atoms with Crippen molar-refractivity contribution in [1.29, 1.82) is 0 Å². The van der Waals surface area contributed by atoms with Gasteiger partial charge in [-0.25, -0.2) is 0 Å². The topological polar surface area (TPSA) is 41.1 Å².